The van der Waals surface area contributed by atoms with Gasteiger partial charge in [0.15, 0.2) is 5.82 Å². The summed E-state index contributed by atoms with van der Waals surface area (Å²) in [5.74, 6) is 1.04. The van der Waals surface area contributed by atoms with Gasteiger partial charge in [0.25, 0.3) is 0 Å². The van der Waals surface area contributed by atoms with Gasteiger partial charge in [0.2, 0.25) is 0 Å². The first-order valence-corrected chi connectivity index (χ1v) is 6.20. The second-order valence-electron chi connectivity index (χ2n) is 4.36. The zero-order valence-electron chi connectivity index (χ0n) is 10.0. The number of rotatable bonds is 4. The largest absolute Gasteiger partial charge is 0.383 e. The Kier molecular flexibility index (Phi) is 4.22. The van der Waals surface area contributed by atoms with Gasteiger partial charge in [-0.1, -0.05) is 12.8 Å². The molecule has 1 aromatic rings. The third-order valence-corrected chi connectivity index (χ3v) is 3.15. The van der Waals surface area contributed by atoms with Gasteiger partial charge < -0.3 is 10.1 Å². The minimum atomic E-state index is 0.724. The number of hydrogen-bond donors (Lipinski definition) is 2. The summed E-state index contributed by atoms with van der Waals surface area (Å²) in [5, 5.41) is 10.9. The highest BCUT2D eigenvalue weighted by Crippen LogP contribution is 2.23. The van der Waals surface area contributed by atoms with Crippen LogP contribution in [0.4, 0.5) is 5.82 Å². The standard InChI is InChI=1S/C12H21N3O/c1-16-9-8-13-12-10-6-4-2-3-5-7-11(10)14-15-12/h2-9H2,1H3,(H2,13,14,15). The first-order valence-electron chi connectivity index (χ1n) is 6.20. The Hall–Kier alpha value is -1.03. The van der Waals surface area contributed by atoms with E-state index < -0.39 is 0 Å². The summed E-state index contributed by atoms with van der Waals surface area (Å²) in [6.07, 6.45) is 7.57. The highest BCUT2D eigenvalue weighted by atomic mass is 16.5. The molecule has 2 N–H and O–H groups in total. The smallest absolute Gasteiger partial charge is 0.151 e. The predicted octanol–water partition coefficient (Wildman–Crippen LogP) is 2.13. The van der Waals surface area contributed by atoms with E-state index in [9.17, 15) is 0 Å². The third-order valence-electron chi connectivity index (χ3n) is 3.15. The molecule has 0 saturated carbocycles. The van der Waals surface area contributed by atoms with E-state index in [-0.39, 0.29) is 0 Å². The van der Waals surface area contributed by atoms with Crippen LogP contribution in [0.1, 0.15) is 36.9 Å². The van der Waals surface area contributed by atoms with Gasteiger partial charge in [0.05, 0.1) is 6.61 Å². The fourth-order valence-corrected chi connectivity index (χ4v) is 2.25. The average molecular weight is 223 g/mol. The van der Waals surface area contributed by atoms with Crippen molar-refractivity contribution in [2.75, 3.05) is 25.6 Å². The first-order chi connectivity index (χ1) is 7.92. The molecule has 1 aliphatic rings. The molecule has 0 atom stereocenters. The van der Waals surface area contributed by atoms with Gasteiger partial charge in [-0.25, -0.2) is 0 Å². The maximum atomic E-state index is 5.03. The monoisotopic (exact) mass is 223 g/mol. The Bertz CT molecular complexity index is 322. The number of fused-ring (bicyclic) bond motifs is 1. The molecule has 0 fully saturated rings. The minimum Gasteiger partial charge on any atom is -0.383 e. The van der Waals surface area contributed by atoms with Crippen LogP contribution in [0.3, 0.4) is 0 Å². The Labute approximate surface area is 96.8 Å². The summed E-state index contributed by atoms with van der Waals surface area (Å²) < 4.78 is 5.03. The van der Waals surface area contributed by atoms with Crippen molar-refractivity contribution in [2.24, 2.45) is 0 Å². The highest BCUT2D eigenvalue weighted by molar-refractivity contribution is 5.46. The molecule has 1 heterocycles. The number of nitrogens with one attached hydrogen (secondary N) is 2. The molecule has 4 nitrogen and oxygen atoms in total. The predicted molar refractivity (Wildman–Crippen MR) is 64.8 cm³/mol. The molecule has 1 aromatic heterocycles. The van der Waals surface area contributed by atoms with Crippen molar-refractivity contribution in [1.29, 1.82) is 0 Å². The van der Waals surface area contributed by atoms with Crippen LogP contribution < -0.4 is 5.32 Å². The van der Waals surface area contributed by atoms with Gasteiger partial charge >= 0.3 is 0 Å². The fourth-order valence-electron chi connectivity index (χ4n) is 2.25. The molecule has 0 saturated heterocycles. The molecule has 1 aliphatic carbocycles. The Balaban J connectivity index is 2.01. The Morgan fingerprint density at radius 3 is 2.88 bits per heavy atom. The molecule has 16 heavy (non-hydrogen) atoms. The van der Waals surface area contributed by atoms with Gasteiger partial charge in [0.1, 0.15) is 0 Å². The second kappa shape index (κ2) is 5.89. The summed E-state index contributed by atoms with van der Waals surface area (Å²) in [6.45, 7) is 1.55. The van der Waals surface area contributed by atoms with E-state index in [1.807, 2.05) is 0 Å². The third kappa shape index (κ3) is 2.76. The Morgan fingerprint density at radius 1 is 1.25 bits per heavy atom. The van der Waals surface area contributed by atoms with Crippen molar-refractivity contribution >= 4 is 5.82 Å². The highest BCUT2D eigenvalue weighted by Gasteiger charge is 2.14. The molecule has 0 unspecified atom stereocenters. The molecule has 90 valence electrons. The lowest BCUT2D eigenvalue weighted by Crippen LogP contribution is -2.09. The number of aryl methyl sites for hydroxylation is 1. The number of nitrogens with zero attached hydrogens (tertiary/aromatic N) is 1. The molecule has 0 aliphatic heterocycles. The normalized spacial score (nSPS) is 16.3. The zero-order chi connectivity index (χ0) is 11.2. The van der Waals surface area contributed by atoms with Crippen LogP contribution in [0, 0.1) is 0 Å². The lowest BCUT2D eigenvalue weighted by molar-refractivity contribution is 0.210. The van der Waals surface area contributed by atoms with Crippen molar-refractivity contribution in [3.8, 4) is 0 Å². The van der Waals surface area contributed by atoms with E-state index in [1.54, 1.807) is 7.11 Å². The van der Waals surface area contributed by atoms with Crippen LogP contribution in [-0.2, 0) is 17.6 Å². The van der Waals surface area contributed by atoms with Crippen molar-refractivity contribution < 1.29 is 4.74 Å². The van der Waals surface area contributed by atoms with Crippen LogP contribution in [0.25, 0.3) is 0 Å². The summed E-state index contributed by atoms with van der Waals surface area (Å²) in [5.41, 5.74) is 2.73. The maximum Gasteiger partial charge on any atom is 0.151 e. The van der Waals surface area contributed by atoms with Gasteiger partial charge in [0, 0.05) is 24.9 Å². The van der Waals surface area contributed by atoms with E-state index in [0.29, 0.717) is 0 Å². The zero-order valence-corrected chi connectivity index (χ0v) is 10.0. The number of H-pyrrole nitrogens is 1. The minimum absolute atomic E-state index is 0.724. The number of hydrogen-bond acceptors (Lipinski definition) is 3. The van der Waals surface area contributed by atoms with Crippen molar-refractivity contribution in [3.63, 3.8) is 0 Å². The van der Waals surface area contributed by atoms with Gasteiger partial charge in [-0.2, -0.15) is 5.10 Å². The number of methoxy groups -OCH3 is 1. The number of ether oxygens (including phenoxy) is 1. The fraction of sp³-hybridized carbons (Fsp3) is 0.750. The number of anilines is 1. The lowest BCUT2D eigenvalue weighted by Gasteiger charge is -2.10. The topological polar surface area (TPSA) is 49.9 Å². The van der Waals surface area contributed by atoms with Crippen LogP contribution in [0.2, 0.25) is 0 Å². The van der Waals surface area contributed by atoms with E-state index in [2.05, 4.69) is 15.5 Å². The van der Waals surface area contributed by atoms with Crippen LogP contribution in [0.5, 0.6) is 0 Å². The molecule has 0 amide bonds. The molecular formula is C12H21N3O. The SMILES string of the molecule is COCCNc1n[nH]c2c1CCCCCC2. The molecule has 2 rings (SSSR count). The van der Waals surface area contributed by atoms with Crippen molar-refractivity contribution in [3.05, 3.63) is 11.3 Å². The van der Waals surface area contributed by atoms with E-state index in [1.165, 1.54) is 36.9 Å². The molecule has 0 aromatic carbocycles. The molecule has 0 bridgehead atoms. The molecule has 4 heteroatoms. The quantitative estimate of drug-likeness (QED) is 0.769. The van der Waals surface area contributed by atoms with Gasteiger partial charge in [-0.3, -0.25) is 5.10 Å². The second-order valence-corrected chi connectivity index (χ2v) is 4.36. The summed E-state index contributed by atoms with van der Waals surface area (Å²) in [7, 11) is 1.72. The van der Waals surface area contributed by atoms with E-state index >= 15 is 0 Å². The van der Waals surface area contributed by atoms with Crippen molar-refractivity contribution in [2.45, 2.75) is 38.5 Å². The van der Waals surface area contributed by atoms with Crippen LogP contribution >= 0.6 is 0 Å². The summed E-state index contributed by atoms with van der Waals surface area (Å²) >= 11 is 0. The molecular weight excluding hydrogens is 202 g/mol. The maximum absolute atomic E-state index is 5.03. The first kappa shape index (κ1) is 11.5. The molecule has 0 radical (unpaired) electrons. The number of aromatic nitrogens is 2. The van der Waals surface area contributed by atoms with Gasteiger partial charge in [-0.05, 0) is 25.7 Å². The lowest BCUT2D eigenvalue weighted by atomic mass is 9.98. The van der Waals surface area contributed by atoms with E-state index in [0.717, 1.165) is 31.8 Å². The summed E-state index contributed by atoms with van der Waals surface area (Å²) in [4.78, 5) is 0. The average Bonchev–Trinajstić information content (AvgIpc) is 2.60. The van der Waals surface area contributed by atoms with E-state index in [4.69, 9.17) is 4.74 Å². The number of aromatic amines is 1. The van der Waals surface area contributed by atoms with Crippen LogP contribution in [0.15, 0.2) is 0 Å². The van der Waals surface area contributed by atoms with Crippen LogP contribution in [-0.4, -0.2) is 30.5 Å². The molecule has 0 spiro atoms. The van der Waals surface area contributed by atoms with Crippen molar-refractivity contribution in [1.82, 2.24) is 10.2 Å². The van der Waals surface area contributed by atoms with Gasteiger partial charge in [-0.15, -0.1) is 0 Å². The Morgan fingerprint density at radius 2 is 2.06 bits per heavy atom. The summed E-state index contributed by atoms with van der Waals surface area (Å²) in [6, 6.07) is 0.